The van der Waals surface area contributed by atoms with Crippen molar-refractivity contribution < 1.29 is 9.26 Å². The van der Waals surface area contributed by atoms with Crippen LogP contribution in [0, 0.1) is 0 Å². The standard InChI is InChI=1S/C14H16N6O2S/c1-2-12(23-5-1)14-17-13(22-18-14)8-19-3-4-21-11(6-19)7-20-10-15-9-16-20/h1-2,5,9-11H,3-4,6-8H2/t11-/m1/s1. The molecule has 1 aliphatic heterocycles. The molecule has 0 N–H and O–H groups in total. The van der Waals surface area contributed by atoms with E-state index in [1.54, 1.807) is 22.3 Å². The van der Waals surface area contributed by atoms with E-state index in [0.717, 1.165) is 18.0 Å². The summed E-state index contributed by atoms with van der Waals surface area (Å²) in [4.78, 5) is 11.7. The van der Waals surface area contributed by atoms with Gasteiger partial charge in [-0.05, 0) is 11.4 Å². The Kier molecular flexibility index (Phi) is 4.14. The lowest BCUT2D eigenvalue weighted by atomic mass is 10.2. The third-order valence-electron chi connectivity index (χ3n) is 3.65. The highest BCUT2D eigenvalue weighted by Gasteiger charge is 2.23. The minimum absolute atomic E-state index is 0.0881. The zero-order valence-corrected chi connectivity index (χ0v) is 13.2. The maximum atomic E-state index is 5.79. The molecule has 23 heavy (non-hydrogen) atoms. The van der Waals surface area contributed by atoms with Gasteiger partial charge in [-0.3, -0.25) is 9.58 Å². The van der Waals surface area contributed by atoms with Gasteiger partial charge >= 0.3 is 0 Å². The molecule has 0 spiro atoms. The summed E-state index contributed by atoms with van der Waals surface area (Å²) in [5, 5.41) is 10.2. The van der Waals surface area contributed by atoms with E-state index in [1.165, 1.54) is 6.33 Å². The molecular weight excluding hydrogens is 316 g/mol. The van der Waals surface area contributed by atoms with Crippen molar-refractivity contribution in [2.24, 2.45) is 0 Å². The summed E-state index contributed by atoms with van der Waals surface area (Å²) >= 11 is 1.60. The van der Waals surface area contributed by atoms with Crippen LogP contribution in [0.3, 0.4) is 0 Å². The molecule has 120 valence electrons. The molecule has 1 saturated heterocycles. The molecule has 4 rings (SSSR count). The average molecular weight is 332 g/mol. The van der Waals surface area contributed by atoms with Crippen molar-refractivity contribution in [3.05, 3.63) is 36.1 Å². The topological polar surface area (TPSA) is 82.1 Å². The van der Waals surface area contributed by atoms with E-state index in [2.05, 4.69) is 25.1 Å². The Bertz CT molecular complexity index is 726. The largest absolute Gasteiger partial charge is 0.374 e. The van der Waals surface area contributed by atoms with Crippen LogP contribution >= 0.6 is 11.3 Å². The van der Waals surface area contributed by atoms with Crippen molar-refractivity contribution >= 4 is 11.3 Å². The van der Waals surface area contributed by atoms with Gasteiger partial charge < -0.3 is 9.26 Å². The van der Waals surface area contributed by atoms with Crippen LogP contribution in [0.15, 0.2) is 34.7 Å². The summed E-state index contributed by atoms with van der Waals surface area (Å²) in [6, 6.07) is 3.97. The fourth-order valence-electron chi connectivity index (χ4n) is 2.59. The Balaban J connectivity index is 1.37. The Morgan fingerprint density at radius 1 is 1.39 bits per heavy atom. The van der Waals surface area contributed by atoms with Gasteiger partial charge in [0.05, 0.1) is 30.7 Å². The second-order valence-corrected chi connectivity index (χ2v) is 6.28. The first-order valence-corrected chi connectivity index (χ1v) is 8.27. The van der Waals surface area contributed by atoms with E-state index in [-0.39, 0.29) is 6.10 Å². The predicted molar refractivity (Wildman–Crippen MR) is 82.7 cm³/mol. The quantitative estimate of drug-likeness (QED) is 0.696. The number of hydrogen-bond donors (Lipinski definition) is 0. The van der Waals surface area contributed by atoms with E-state index >= 15 is 0 Å². The van der Waals surface area contributed by atoms with Crippen molar-refractivity contribution in [3.8, 4) is 10.7 Å². The van der Waals surface area contributed by atoms with Gasteiger partial charge in [-0.1, -0.05) is 11.2 Å². The van der Waals surface area contributed by atoms with Crippen LogP contribution in [0.2, 0.25) is 0 Å². The molecule has 3 aromatic heterocycles. The molecule has 0 amide bonds. The van der Waals surface area contributed by atoms with Crippen molar-refractivity contribution in [2.75, 3.05) is 19.7 Å². The van der Waals surface area contributed by atoms with Crippen molar-refractivity contribution in [3.63, 3.8) is 0 Å². The number of nitrogens with zero attached hydrogens (tertiary/aromatic N) is 6. The fourth-order valence-corrected chi connectivity index (χ4v) is 3.24. The monoisotopic (exact) mass is 332 g/mol. The predicted octanol–water partition coefficient (Wildman–Crippen LogP) is 1.29. The van der Waals surface area contributed by atoms with E-state index in [4.69, 9.17) is 9.26 Å². The van der Waals surface area contributed by atoms with E-state index < -0.39 is 0 Å². The van der Waals surface area contributed by atoms with Gasteiger partial charge in [0.25, 0.3) is 0 Å². The van der Waals surface area contributed by atoms with E-state index in [9.17, 15) is 0 Å². The van der Waals surface area contributed by atoms with Gasteiger partial charge in [0, 0.05) is 13.1 Å². The first-order chi connectivity index (χ1) is 11.4. The third-order valence-corrected chi connectivity index (χ3v) is 4.51. The van der Waals surface area contributed by atoms with Crippen molar-refractivity contribution in [2.45, 2.75) is 19.2 Å². The number of rotatable bonds is 5. The zero-order chi connectivity index (χ0) is 15.5. The van der Waals surface area contributed by atoms with Gasteiger partial charge in [-0.25, -0.2) is 4.98 Å². The van der Waals surface area contributed by atoms with Gasteiger partial charge in [0.1, 0.15) is 12.7 Å². The highest BCUT2D eigenvalue weighted by atomic mass is 32.1. The molecule has 1 aliphatic rings. The van der Waals surface area contributed by atoms with Gasteiger partial charge in [0.2, 0.25) is 11.7 Å². The molecule has 3 aromatic rings. The summed E-state index contributed by atoms with van der Waals surface area (Å²) < 4.78 is 12.9. The fraction of sp³-hybridized carbons (Fsp3) is 0.429. The second kappa shape index (κ2) is 6.57. The molecule has 0 unspecified atom stereocenters. The molecule has 0 bridgehead atoms. The number of aromatic nitrogens is 5. The Hall–Kier alpha value is -2.10. The molecule has 0 aliphatic carbocycles. The smallest absolute Gasteiger partial charge is 0.241 e. The molecule has 0 saturated carbocycles. The van der Waals surface area contributed by atoms with E-state index in [1.807, 2.05) is 17.5 Å². The van der Waals surface area contributed by atoms with Gasteiger partial charge in [-0.2, -0.15) is 10.1 Å². The number of morpholine rings is 1. The van der Waals surface area contributed by atoms with Crippen LogP contribution < -0.4 is 0 Å². The lowest BCUT2D eigenvalue weighted by Gasteiger charge is -2.31. The third kappa shape index (κ3) is 3.46. The Morgan fingerprint density at radius 3 is 3.22 bits per heavy atom. The normalized spacial score (nSPS) is 19.2. The van der Waals surface area contributed by atoms with E-state index in [0.29, 0.717) is 31.4 Å². The molecule has 1 fully saturated rings. The number of thiophene rings is 1. The number of ether oxygens (including phenoxy) is 1. The van der Waals surface area contributed by atoms with Crippen LogP contribution in [-0.2, 0) is 17.8 Å². The van der Waals surface area contributed by atoms with Crippen LogP contribution in [-0.4, -0.2) is 55.6 Å². The summed E-state index contributed by atoms with van der Waals surface area (Å²) in [7, 11) is 0. The molecular formula is C14H16N6O2S. The highest BCUT2D eigenvalue weighted by Crippen LogP contribution is 2.21. The molecule has 0 radical (unpaired) electrons. The minimum Gasteiger partial charge on any atom is -0.374 e. The maximum absolute atomic E-state index is 5.79. The lowest BCUT2D eigenvalue weighted by Crippen LogP contribution is -2.43. The summed E-state index contributed by atoms with van der Waals surface area (Å²) in [5.41, 5.74) is 0. The number of hydrogen-bond acceptors (Lipinski definition) is 8. The zero-order valence-electron chi connectivity index (χ0n) is 12.4. The highest BCUT2D eigenvalue weighted by molar-refractivity contribution is 7.13. The van der Waals surface area contributed by atoms with Gasteiger partial charge in [-0.15, -0.1) is 11.3 Å². The first-order valence-electron chi connectivity index (χ1n) is 7.39. The molecule has 8 nitrogen and oxygen atoms in total. The second-order valence-electron chi connectivity index (χ2n) is 5.33. The van der Waals surface area contributed by atoms with Crippen LogP contribution in [0.1, 0.15) is 5.89 Å². The molecule has 4 heterocycles. The van der Waals surface area contributed by atoms with Gasteiger partial charge in [0.15, 0.2) is 0 Å². The molecule has 9 heteroatoms. The summed E-state index contributed by atoms with van der Waals surface area (Å²) in [6.07, 6.45) is 3.32. The molecule has 1 atom stereocenters. The molecule has 0 aromatic carbocycles. The van der Waals surface area contributed by atoms with Crippen molar-refractivity contribution in [1.29, 1.82) is 0 Å². The summed E-state index contributed by atoms with van der Waals surface area (Å²) in [6.45, 7) is 3.67. The van der Waals surface area contributed by atoms with Crippen LogP contribution in [0.5, 0.6) is 0 Å². The van der Waals surface area contributed by atoms with Crippen LogP contribution in [0.4, 0.5) is 0 Å². The lowest BCUT2D eigenvalue weighted by molar-refractivity contribution is -0.0426. The minimum atomic E-state index is 0.0881. The maximum Gasteiger partial charge on any atom is 0.241 e. The SMILES string of the molecule is c1csc(-c2noc(CN3CCO[C@@H](Cn4cncn4)C3)n2)c1. The van der Waals surface area contributed by atoms with Crippen LogP contribution in [0.25, 0.3) is 10.7 Å². The van der Waals surface area contributed by atoms with Crippen molar-refractivity contribution in [1.82, 2.24) is 29.8 Å². The first kappa shape index (κ1) is 14.5. The average Bonchev–Trinajstić information content (AvgIpc) is 3.30. The Morgan fingerprint density at radius 2 is 2.39 bits per heavy atom. The summed E-state index contributed by atoms with van der Waals surface area (Å²) in [5.74, 6) is 1.29. The Labute approximate surface area is 136 Å².